The SMILES string of the molecule is CCc1cc2c(s1)SC(C)(C)C(=O)N2. The van der Waals surface area contributed by atoms with Gasteiger partial charge in [-0.3, -0.25) is 4.79 Å². The van der Waals surface area contributed by atoms with Crippen molar-refractivity contribution in [3.05, 3.63) is 10.9 Å². The van der Waals surface area contributed by atoms with E-state index in [1.807, 2.05) is 13.8 Å². The number of fused-ring (bicyclic) bond motifs is 1. The van der Waals surface area contributed by atoms with Gasteiger partial charge in [-0.25, -0.2) is 0 Å². The van der Waals surface area contributed by atoms with Gasteiger partial charge in [0.1, 0.15) is 0 Å². The van der Waals surface area contributed by atoms with E-state index in [4.69, 9.17) is 0 Å². The molecule has 4 heteroatoms. The topological polar surface area (TPSA) is 29.1 Å². The van der Waals surface area contributed by atoms with Gasteiger partial charge in [-0.2, -0.15) is 0 Å². The predicted molar refractivity (Wildman–Crippen MR) is 62.3 cm³/mol. The van der Waals surface area contributed by atoms with Gasteiger partial charge in [0.2, 0.25) is 5.91 Å². The fourth-order valence-electron chi connectivity index (χ4n) is 1.31. The molecule has 0 atom stereocenters. The van der Waals surface area contributed by atoms with E-state index in [1.165, 1.54) is 9.09 Å². The Hall–Kier alpha value is -0.480. The third-order valence-corrected chi connectivity index (χ3v) is 4.92. The molecule has 0 spiro atoms. The maximum Gasteiger partial charge on any atom is 0.240 e. The summed E-state index contributed by atoms with van der Waals surface area (Å²) in [6.45, 7) is 6.05. The molecule has 1 N–H and O–H groups in total. The summed E-state index contributed by atoms with van der Waals surface area (Å²) >= 11 is 3.45. The van der Waals surface area contributed by atoms with Crippen LogP contribution in [0.25, 0.3) is 0 Å². The Balaban J connectivity index is 2.38. The highest BCUT2D eigenvalue weighted by molar-refractivity contribution is 8.03. The van der Waals surface area contributed by atoms with Crippen LogP contribution in [0, 0.1) is 0 Å². The second-order valence-electron chi connectivity index (χ2n) is 3.83. The average Bonchev–Trinajstić information content (AvgIpc) is 2.47. The zero-order valence-electron chi connectivity index (χ0n) is 8.51. The van der Waals surface area contributed by atoms with E-state index in [0.717, 1.165) is 12.1 Å². The van der Waals surface area contributed by atoms with E-state index >= 15 is 0 Å². The number of thiophene rings is 1. The number of hydrogen-bond donors (Lipinski definition) is 1. The normalized spacial score (nSPS) is 18.9. The van der Waals surface area contributed by atoms with E-state index in [9.17, 15) is 4.79 Å². The van der Waals surface area contributed by atoms with Crippen molar-refractivity contribution in [1.29, 1.82) is 0 Å². The lowest BCUT2D eigenvalue weighted by Crippen LogP contribution is -2.36. The number of nitrogens with one attached hydrogen (secondary N) is 1. The van der Waals surface area contributed by atoms with E-state index < -0.39 is 0 Å². The van der Waals surface area contributed by atoms with Crippen LogP contribution in [0.3, 0.4) is 0 Å². The molecule has 2 rings (SSSR count). The fraction of sp³-hybridized carbons (Fsp3) is 0.500. The van der Waals surface area contributed by atoms with Crippen LogP contribution < -0.4 is 5.32 Å². The smallest absolute Gasteiger partial charge is 0.240 e. The number of anilines is 1. The molecule has 0 saturated carbocycles. The molecule has 0 saturated heterocycles. The molecule has 1 aliphatic heterocycles. The van der Waals surface area contributed by atoms with Crippen LogP contribution in [0.5, 0.6) is 0 Å². The summed E-state index contributed by atoms with van der Waals surface area (Å²) in [5.74, 6) is 0.107. The van der Waals surface area contributed by atoms with Gasteiger partial charge in [-0.05, 0) is 26.3 Å². The Morgan fingerprint density at radius 3 is 2.86 bits per heavy atom. The second-order valence-corrected chi connectivity index (χ2v) is 6.86. The Morgan fingerprint density at radius 2 is 2.21 bits per heavy atom. The van der Waals surface area contributed by atoms with Gasteiger partial charge in [0, 0.05) is 4.88 Å². The molecule has 14 heavy (non-hydrogen) atoms. The largest absolute Gasteiger partial charge is 0.323 e. The number of hydrogen-bond acceptors (Lipinski definition) is 3. The van der Waals surface area contributed by atoms with E-state index in [0.29, 0.717) is 0 Å². The lowest BCUT2D eigenvalue weighted by molar-refractivity contribution is -0.117. The van der Waals surface area contributed by atoms with Crippen LogP contribution in [-0.2, 0) is 11.2 Å². The molecule has 0 aliphatic carbocycles. The van der Waals surface area contributed by atoms with Crippen molar-refractivity contribution >= 4 is 34.7 Å². The number of carbonyl (C=O) groups excluding carboxylic acids is 1. The molecule has 0 aromatic carbocycles. The molecule has 1 aromatic rings. The summed E-state index contributed by atoms with van der Waals surface area (Å²) in [5.41, 5.74) is 1.00. The molecular weight excluding hydrogens is 214 g/mol. The first-order valence-corrected chi connectivity index (χ1v) is 6.29. The van der Waals surface area contributed by atoms with Crippen LogP contribution in [-0.4, -0.2) is 10.7 Å². The molecule has 0 bridgehead atoms. The van der Waals surface area contributed by atoms with Gasteiger partial charge in [0.15, 0.2) is 0 Å². The maximum absolute atomic E-state index is 11.6. The van der Waals surface area contributed by atoms with Gasteiger partial charge >= 0.3 is 0 Å². The zero-order valence-corrected chi connectivity index (χ0v) is 10.1. The van der Waals surface area contributed by atoms with E-state index in [-0.39, 0.29) is 10.7 Å². The van der Waals surface area contributed by atoms with Gasteiger partial charge in [-0.1, -0.05) is 18.7 Å². The van der Waals surface area contributed by atoms with E-state index in [1.54, 1.807) is 23.1 Å². The van der Waals surface area contributed by atoms with Crippen LogP contribution in [0.15, 0.2) is 10.3 Å². The summed E-state index contributed by atoms with van der Waals surface area (Å²) in [7, 11) is 0. The van der Waals surface area contributed by atoms with Gasteiger partial charge in [-0.15, -0.1) is 11.3 Å². The number of carbonyl (C=O) groups is 1. The standard InChI is InChI=1S/C10H13NOS2/c1-4-6-5-7-8(13-6)14-10(2,3)9(12)11-7/h5H,4H2,1-3H3,(H,11,12). The van der Waals surface area contributed by atoms with Crippen molar-refractivity contribution in [3.8, 4) is 0 Å². The average molecular weight is 227 g/mol. The molecule has 2 nitrogen and oxygen atoms in total. The van der Waals surface area contributed by atoms with Crippen LogP contribution in [0.2, 0.25) is 0 Å². The minimum absolute atomic E-state index is 0.107. The Labute approximate surface area is 92.1 Å². The molecule has 0 unspecified atom stereocenters. The van der Waals surface area contributed by atoms with Gasteiger partial charge in [0.05, 0.1) is 14.6 Å². The first-order chi connectivity index (χ1) is 6.53. The lowest BCUT2D eigenvalue weighted by atomic mass is 10.2. The van der Waals surface area contributed by atoms with Gasteiger partial charge in [0.25, 0.3) is 0 Å². The second kappa shape index (κ2) is 3.28. The summed E-state index contributed by atoms with van der Waals surface area (Å²) in [6.07, 6.45) is 1.04. The molecule has 2 heterocycles. The summed E-state index contributed by atoms with van der Waals surface area (Å²) < 4.78 is 0.912. The molecule has 0 radical (unpaired) electrons. The van der Waals surface area contributed by atoms with Crippen molar-refractivity contribution < 1.29 is 4.79 Å². The zero-order chi connectivity index (χ0) is 10.3. The third-order valence-electron chi connectivity index (χ3n) is 2.24. The highest BCUT2D eigenvalue weighted by atomic mass is 32.2. The van der Waals surface area contributed by atoms with Crippen LogP contribution in [0.4, 0.5) is 5.69 Å². The Morgan fingerprint density at radius 1 is 1.50 bits per heavy atom. The third kappa shape index (κ3) is 1.57. The number of rotatable bonds is 1. The molecule has 1 amide bonds. The molecule has 0 fully saturated rings. The van der Waals surface area contributed by atoms with Crippen LogP contribution >= 0.6 is 23.1 Å². The van der Waals surface area contributed by atoms with Crippen molar-refractivity contribution in [2.24, 2.45) is 0 Å². The summed E-state index contributed by atoms with van der Waals surface area (Å²) in [6, 6.07) is 2.08. The number of thioether (sulfide) groups is 1. The minimum atomic E-state index is -0.330. The van der Waals surface area contributed by atoms with Crippen molar-refractivity contribution in [2.75, 3.05) is 5.32 Å². The van der Waals surface area contributed by atoms with E-state index in [2.05, 4.69) is 18.3 Å². The van der Waals surface area contributed by atoms with Crippen molar-refractivity contribution in [2.45, 2.75) is 36.1 Å². The number of aryl methyl sites for hydroxylation is 1. The highest BCUT2D eigenvalue weighted by Crippen LogP contribution is 2.46. The Bertz CT molecular complexity index is 381. The minimum Gasteiger partial charge on any atom is -0.323 e. The van der Waals surface area contributed by atoms with Gasteiger partial charge < -0.3 is 5.32 Å². The van der Waals surface area contributed by atoms with Crippen molar-refractivity contribution in [1.82, 2.24) is 0 Å². The highest BCUT2D eigenvalue weighted by Gasteiger charge is 2.35. The number of amides is 1. The quantitative estimate of drug-likeness (QED) is 0.798. The maximum atomic E-state index is 11.6. The van der Waals surface area contributed by atoms with Crippen molar-refractivity contribution in [3.63, 3.8) is 0 Å². The summed E-state index contributed by atoms with van der Waals surface area (Å²) in [4.78, 5) is 13.0. The molecule has 1 aliphatic rings. The first kappa shape index (κ1) is 10.1. The molecule has 1 aromatic heterocycles. The van der Waals surface area contributed by atoms with Crippen LogP contribution in [0.1, 0.15) is 25.6 Å². The summed E-state index contributed by atoms with van der Waals surface area (Å²) in [5, 5.41) is 2.96. The first-order valence-electron chi connectivity index (χ1n) is 4.66. The lowest BCUT2D eigenvalue weighted by Gasteiger charge is -2.27. The predicted octanol–water partition coefficient (Wildman–Crippen LogP) is 3.13. The molecule has 76 valence electrons. The fourth-order valence-corrected chi connectivity index (χ4v) is 4.03. The monoisotopic (exact) mass is 227 g/mol. The Kier molecular flexibility index (Phi) is 2.35. The molecular formula is C10H13NOS2.